The molecule has 0 aliphatic carbocycles. The minimum Gasteiger partial charge on any atom is -0.306 e. The minimum absolute atomic E-state index is 0.320. The van der Waals surface area contributed by atoms with Crippen LogP contribution in [-0.4, -0.2) is 44.8 Å². The summed E-state index contributed by atoms with van der Waals surface area (Å²) < 4.78 is 2.03. The van der Waals surface area contributed by atoms with Crippen molar-refractivity contribution >= 4 is 0 Å². The Bertz CT molecular complexity index is 619. The smallest absolute Gasteiger partial charge is 0.110 e. The van der Waals surface area contributed by atoms with Crippen LogP contribution in [0.1, 0.15) is 38.4 Å². The van der Waals surface area contributed by atoms with Gasteiger partial charge in [0.05, 0.1) is 11.4 Å². The molecule has 22 heavy (non-hydrogen) atoms. The first-order valence-electron chi connectivity index (χ1n) is 8.17. The molecule has 2 aromatic rings. The second-order valence-corrected chi connectivity index (χ2v) is 6.58. The molecule has 5 nitrogen and oxygen atoms in total. The van der Waals surface area contributed by atoms with Crippen molar-refractivity contribution in [3.63, 3.8) is 0 Å². The molecule has 1 fully saturated rings. The van der Waals surface area contributed by atoms with E-state index in [1.54, 1.807) is 6.20 Å². The first kappa shape index (κ1) is 15.2. The van der Waals surface area contributed by atoms with Gasteiger partial charge in [-0.05, 0) is 58.7 Å². The van der Waals surface area contributed by atoms with E-state index in [2.05, 4.69) is 40.9 Å². The number of nitrogens with zero attached hydrogens (tertiary/aromatic N) is 5. The Kier molecular flexibility index (Phi) is 4.52. The summed E-state index contributed by atoms with van der Waals surface area (Å²) in [5, 5.41) is 4.43. The Hall–Kier alpha value is -1.75. The van der Waals surface area contributed by atoms with E-state index in [0.29, 0.717) is 12.0 Å². The van der Waals surface area contributed by atoms with Gasteiger partial charge in [0.25, 0.3) is 0 Å². The molecule has 1 atom stereocenters. The van der Waals surface area contributed by atoms with Gasteiger partial charge in [-0.25, -0.2) is 0 Å². The Balaban J connectivity index is 1.88. The molecule has 1 aliphatic rings. The maximum absolute atomic E-state index is 4.63. The summed E-state index contributed by atoms with van der Waals surface area (Å²) in [5.41, 5.74) is 3.16. The van der Waals surface area contributed by atoms with Crippen molar-refractivity contribution in [1.82, 2.24) is 24.6 Å². The number of aromatic nitrogens is 4. The van der Waals surface area contributed by atoms with Crippen LogP contribution >= 0.6 is 0 Å². The highest BCUT2D eigenvalue weighted by Crippen LogP contribution is 2.26. The highest BCUT2D eigenvalue weighted by Gasteiger charge is 2.21. The molecular weight excluding hydrogens is 274 g/mol. The van der Waals surface area contributed by atoms with Gasteiger partial charge in [-0.3, -0.25) is 14.6 Å². The Labute approximate surface area is 132 Å². The van der Waals surface area contributed by atoms with Crippen molar-refractivity contribution in [3.05, 3.63) is 30.4 Å². The van der Waals surface area contributed by atoms with Gasteiger partial charge in [-0.1, -0.05) is 0 Å². The molecule has 0 radical (unpaired) electrons. The van der Waals surface area contributed by atoms with Gasteiger partial charge in [0.1, 0.15) is 5.69 Å². The molecule has 0 N–H and O–H groups in total. The maximum Gasteiger partial charge on any atom is 0.110 e. The molecule has 0 amide bonds. The molecule has 0 saturated carbocycles. The summed E-state index contributed by atoms with van der Waals surface area (Å²) in [4.78, 5) is 11.7. The fourth-order valence-electron chi connectivity index (χ4n) is 3.36. The van der Waals surface area contributed by atoms with Gasteiger partial charge < -0.3 is 4.90 Å². The maximum atomic E-state index is 4.63. The van der Waals surface area contributed by atoms with Crippen LogP contribution in [0.15, 0.2) is 24.7 Å². The van der Waals surface area contributed by atoms with Crippen molar-refractivity contribution in [3.8, 4) is 11.4 Å². The highest BCUT2D eigenvalue weighted by atomic mass is 15.3. The lowest BCUT2D eigenvalue weighted by atomic mass is 9.92. The van der Waals surface area contributed by atoms with E-state index < -0.39 is 0 Å². The predicted octanol–water partition coefficient (Wildman–Crippen LogP) is 2.81. The fourth-order valence-corrected chi connectivity index (χ4v) is 3.36. The average Bonchev–Trinajstić information content (AvgIpc) is 2.97. The zero-order chi connectivity index (χ0) is 15.5. The summed E-state index contributed by atoms with van der Waals surface area (Å²) in [5.74, 6) is 0.671. The topological polar surface area (TPSA) is 46.8 Å². The SMILES string of the molecule is CC(C)n1nccc1-c1nccnc1C[C@H]1CCCN(C)C1. The van der Waals surface area contributed by atoms with Gasteiger partial charge in [0.2, 0.25) is 0 Å². The summed E-state index contributed by atoms with van der Waals surface area (Å²) in [6, 6.07) is 2.36. The van der Waals surface area contributed by atoms with E-state index in [1.165, 1.54) is 19.4 Å². The van der Waals surface area contributed by atoms with Crippen molar-refractivity contribution in [1.29, 1.82) is 0 Å². The number of rotatable bonds is 4. The number of piperidine rings is 1. The Morgan fingerprint density at radius 2 is 2.05 bits per heavy atom. The van der Waals surface area contributed by atoms with E-state index >= 15 is 0 Å². The standard InChI is InChI=1S/C17H25N5/c1-13(2)22-16(6-7-20-22)17-15(18-8-9-19-17)11-14-5-4-10-21(3)12-14/h6-9,13-14H,4-5,10-12H2,1-3H3/t14-/m1/s1. The Morgan fingerprint density at radius 3 is 2.82 bits per heavy atom. The molecule has 0 aromatic carbocycles. The van der Waals surface area contributed by atoms with Gasteiger partial charge in [0, 0.05) is 31.2 Å². The summed E-state index contributed by atoms with van der Waals surface area (Å²) in [7, 11) is 2.21. The van der Waals surface area contributed by atoms with E-state index in [-0.39, 0.29) is 0 Å². The quantitative estimate of drug-likeness (QED) is 0.871. The molecule has 0 spiro atoms. The molecule has 3 heterocycles. The van der Waals surface area contributed by atoms with Crippen LogP contribution in [0.3, 0.4) is 0 Å². The van der Waals surface area contributed by atoms with Crippen LogP contribution < -0.4 is 0 Å². The third kappa shape index (κ3) is 3.19. The normalized spacial score (nSPS) is 19.7. The summed E-state index contributed by atoms with van der Waals surface area (Å²) >= 11 is 0. The second-order valence-electron chi connectivity index (χ2n) is 6.58. The molecule has 1 aliphatic heterocycles. The van der Waals surface area contributed by atoms with Crippen LogP contribution in [0.2, 0.25) is 0 Å². The van der Waals surface area contributed by atoms with E-state index in [1.807, 2.05) is 23.1 Å². The van der Waals surface area contributed by atoms with Crippen molar-refractivity contribution in [2.45, 2.75) is 39.2 Å². The largest absolute Gasteiger partial charge is 0.306 e. The molecule has 2 aromatic heterocycles. The molecule has 0 unspecified atom stereocenters. The lowest BCUT2D eigenvalue weighted by Gasteiger charge is -2.29. The van der Waals surface area contributed by atoms with E-state index in [4.69, 9.17) is 0 Å². The molecule has 3 rings (SSSR count). The highest BCUT2D eigenvalue weighted by molar-refractivity contribution is 5.57. The molecule has 5 heteroatoms. The summed E-state index contributed by atoms with van der Waals surface area (Å²) in [6.45, 7) is 6.65. The van der Waals surface area contributed by atoms with Crippen LogP contribution in [0.25, 0.3) is 11.4 Å². The van der Waals surface area contributed by atoms with Crippen LogP contribution in [0.5, 0.6) is 0 Å². The zero-order valence-corrected chi connectivity index (χ0v) is 13.7. The minimum atomic E-state index is 0.320. The predicted molar refractivity (Wildman–Crippen MR) is 87.6 cm³/mol. The molecular formula is C17H25N5. The van der Waals surface area contributed by atoms with Crippen LogP contribution in [-0.2, 0) is 6.42 Å². The Morgan fingerprint density at radius 1 is 1.23 bits per heavy atom. The van der Waals surface area contributed by atoms with Crippen molar-refractivity contribution < 1.29 is 0 Å². The fraction of sp³-hybridized carbons (Fsp3) is 0.588. The molecule has 0 bridgehead atoms. The van der Waals surface area contributed by atoms with Gasteiger partial charge in [-0.15, -0.1) is 0 Å². The monoisotopic (exact) mass is 299 g/mol. The van der Waals surface area contributed by atoms with Gasteiger partial charge in [-0.2, -0.15) is 5.10 Å². The number of hydrogen-bond donors (Lipinski definition) is 0. The second kappa shape index (κ2) is 6.57. The molecule has 118 valence electrons. The average molecular weight is 299 g/mol. The first-order valence-corrected chi connectivity index (χ1v) is 8.17. The van der Waals surface area contributed by atoms with Crippen LogP contribution in [0.4, 0.5) is 0 Å². The number of likely N-dealkylation sites (tertiary alicyclic amines) is 1. The third-order valence-corrected chi connectivity index (χ3v) is 4.38. The first-order chi connectivity index (χ1) is 10.6. The van der Waals surface area contributed by atoms with Crippen LogP contribution in [0, 0.1) is 5.92 Å². The van der Waals surface area contributed by atoms with Gasteiger partial charge >= 0.3 is 0 Å². The zero-order valence-electron chi connectivity index (χ0n) is 13.7. The lowest BCUT2D eigenvalue weighted by molar-refractivity contribution is 0.208. The van der Waals surface area contributed by atoms with E-state index in [0.717, 1.165) is 30.0 Å². The number of hydrogen-bond acceptors (Lipinski definition) is 4. The van der Waals surface area contributed by atoms with E-state index in [9.17, 15) is 0 Å². The third-order valence-electron chi connectivity index (χ3n) is 4.38. The van der Waals surface area contributed by atoms with Gasteiger partial charge in [0.15, 0.2) is 0 Å². The molecule has 1 saturated heterocycles. The summed E-state index contributed by atoms with van der Waals surface area (Å²) in [6.07, 6.45) is 8.99. The van der Waals surface area contributed by atoms with Crippen molar-refractivity contribution in [2.24, 2.45) is 5.92 Å². The van der Waals surface area contributed by atoms with Crippen molar-refractivity contribution in [2.75, 3.05) is 20.1 Å². The lowest BCUT2D eigenvalue weighted by Crippen LogP contribution is -2.33.